The number of hydrogen-bond donors (Lipinski definition) is 0. The van der Waals surface area contributed by atoms with E-state index >= 15 is 0 Å². The molecule has 1 aliphatic heterocycles. The number of benzene rings is 3. The van der Waals surface area contributed by atoms with Crippen LogP contribution in [0.5, 0.6) is 0 Å². The van der Waals surface area contributed by atoms with Crippen molar-refractivity contribution in [2.45, 2.75) is 24.7 Å². The molecule has 3 atom stereocenters. The Hall–Kier alpha value is -1.50. The van der Waals surface area contributed by atoms with Gasteiger partial charge in [0.05, 0.1) is 18.1 Å². The molecule has 0 radical (unpaired) electrons. The molecule has 0 saturated carbocycles. The van der Waals surface area contributed by atoms with Crippen molar-refractivity contribution in [1.29, 1.82) is 0 Å². The van der Waals surface area contributed by atoms with E-state index in [9.17, 15) is 0 Å². The Kier molecular flexibility index (Phi) is 15.4. The largest absolute Gasteiger partial charge is 0.265 e. The molecule has 39 heavy (non-hydrogen) atoms. The fourth-order valence-corrected chi connectivity index (χ4v) is 7.80. The van der Waals surface area contributed by atoms with Gasteiger partial charge in [0.15, 0.2) is 0 Å². The van der Waals surface area contributed by atoms with Gasteiger partial charge in [-0.25, -0.2) is 8.61 Å². The average Bonchev–Trinajstić information content (AvgIpc) is 3.32. The molecule has 2 heterocycles. The predicted molar refractivity (Wildman–Crippen MR) is 170 cm³/mol. The van der Waals surface area contributed by atoms with Crippen LogP contribution < -0.4 is 0 Å². The molecule has 5 rings (SSSR count). The minimum Gasteiger partial charge on any atom is -0.265 e. The summed E-state index contributed by atoms with van der Waals surface area (Å²) in [7, 11) is 5.57. The second kappa shape index (κ2) is 18.8. The van der Waals surface area contributed by atoms with E-state index in [0.29, 0.717) is 18.0 Å². The Bertz CT molecular complexity index is 1160. The maximum atomic E-state index is 6.37. The number of halogens is 2. The molecule has 0 bridgehead atoms. The van der Waals surface area contributed by atoms with E-state index in [1.54, 1.807) is 36.3 Å². The third kappa shape index (κ3) is 10.1. The molecule has 1 fully saturated rings. The van der Waals surface area contributed by atoms with Crippen LogP contribution in [0.2, 0.25) is 0 Å². The molecule has 0 N–H and O–H groups in total. The van der Waals surface area contributed by atoms with E-state index in [1.807, 2.05) is 36.4 Å². The summed E-state index contributed by atoms with van der Waals surface area (Å²) in [5.41, 5.74) is 3.96. The van der Waals surface area contributed by atoms with Crippen LogP contribution in [-0.2, 0) is 22.1 Å². The second-order valence-electron chi connectivity index (χ2n) is 8.45. The smallest absolute Gasteiger partial charge is 0.0267 e. The molecule has 207 valence electrons. The Morgan fingerprint density at radius 1 is 0.769 bits per heavy atom. The van der Waals surface area contributed by atoms with Crippen molar-refractivity contribution < 1.29 is 15.7 Å². The van der Waals surface area contributed by atoms with Gasteiger partial charge < -0.3 is 0 Å². The Balaban J connectivity index is 0.000000227. The van der Waals surface area contributed by atoms with Crippen LogP contribution in [0, 0.1) is 0 Å². The average molecular weight is 685 g/mol. The molecule has 0 aliphatic carbocycles. The van der Waals surface area contributed by atoms with E-state index in [0.717, 1.165) is 6.42 Å². The number of aromatic nitrogens is 1. The van der Waals surface area contributed by atoms with Crippen LogP contribution in [0.1, 0.15) is 22.7 Å². The van der Waals surface area contributed by atoms with Gasteiger partial charge >= 0.3 is 65.9 Å². The monoisotopic (exact) mass is 684 g/mol. The zero-order valence-electron chi connectivity index (χ0n) is 22.0. The zero-order valence-corrected chi connectivity index (χ0v) is 26.9. The van der Waals surface area contributed by atoms with Crippen LogP contribution in [0.3, 0.4) is 0 Å². The normalized spacial score (nSPS) is 19.3. The minimum absolute atomic E-state index is 0.0765. The molecule has 3 unspecified atom stereocenters. The van der Waals surface area contributed by atoms with Gasteiger partial charge in [0.25, 0.3) is 0 Å². The van der Waals surface area contributed by atoms with Crippen LogP contribution >= 0.6 is 45.2 Å². The topological polar surface area (TPSA) is 19.4 Å². The van der Waals surface area contributed by atoms with Gasteiger partial charge in [-0.3, -0.25) is 4.98 Å². The van der Waals surface area contributed by atoms with Crippen LogP contribution in [0.15, 0.2) is 122 Å². The summed E-state index contributed by atoms with van der Waals surface area (Å²) in [6, 6.07) is 38.1. The van der Waals surface area contributed by atoms with Crippen molar-refractivity contribution in [3.63, 3.8) is 0 Å². The number of rotatable bonds is 7. The van der Waals surface area contributed by atoms with Crippen molar-refractivity contribution in [1.82, 2.24) is 13.6 Å². The first-order valence-corrected chi connectivity index (χ1v) is 18.6. The van der Waals surface area contributed by atoms with Gasteiger partial charge in [-0.1, -0.05) is 90.6 Å². The van der Waals surface area contributed by atoms with Crippen LogP contribution in [-0.4, -0.2) is 48.8 Å². The van der Waals surface area contributed by atoms with E-state index in [2.05, 4.69) is 104 Å². The van der Waals surface area contributed by atoms with E-state index in [-0.39, 0.29) is 21.9 Å². The molecular formula is C31H34Cl2N3RuS2. The van der Waals surface area contributed by atoms with Gasteiger partial charge in [0, 0.05) is 18.4 Å². The maximum absolute atomic E-state index is 6.37. The SMILES string of the molecule is CSN1C(Cc2ccccc2)C(c2ccccc2)N(SC)C1CCl.[Cl][Ru]=[CH]c1ccccc1.c1ccncc1. The molecule has 4 aromatic rings. The van der Waals surface area contributed by atoms with Crippen molar-refractivity contribution in [3.05, 3.63) is 138 Å². The van der Waals surface area contributed by atoms with Crippen molar-refractivity contribution in [3.8, 4) is 0 Å². The number of nitrogens with zero attached hydrogens (tertiary/aromatic N) is 3. The van der Waals surface area contributed by atoms with Gasteiger partial charge in [0.2, 0.25) is 0 Å². The van der Waals surface area contributed by atoms with E-state index in [1.165, 1.54) is 16.7 Å². The first-order valence-electron chi connectivity index (χ1n) is 12.5. The second-order valence-corrected chi connectivity index (χ2v) is 12.1. The van der Waals surface area contributed by atoms with Crippen molar-refractivity contribution in [2.75, 3.05) is 18.4 Å². The van der Waals surface area contributed by atoms with E-state index < -0.39 is 0 Å². The number of alkyl halides is 1. The quantitative estimate of drug-likeness (QED) is 0.111. The Labute approximate surface area is 258 Å². The van der Waals surface area contributed by atoms with Crippen molar-refractivity contribution >= 4 is 49.8 Å². The Morgan fingerprint density at radius 2 is 1.31 bits per heavy atom. The molecule has 1 aliphatic rings. The molecule has 8 heteroatoms. The molecule has 3 aromatic carbocycles. The van der Waals surface area contributed by atoms with Gasteiger partial charge in [-0.2, -0.15) is 0 Å². The summed E-state index contributed by atoms with van der Waals surface area (Å²) < 4.78 is 7.01. The summed E-state index contributed by atoms with van der Waals surface area (Å²) in [4.78, 5) is 3.78. The molecule has 1 saturated heterocycles. The summed E-state index contributed by atoms with van der Waals surface area (Å²) in [5.74, 6) is 0.607. The van der Waals surface area contributed by atoms with Crippen LogP contribution in [0.25, 0.3) is 0 Å². The summed E-state index contributed by atoms with van der Waals surface area (Å²) >= 11 is 9.89. The standard InChI is InChI=1S/C19H23ClN2S2.C7H6.C5H5N.ClH.Ru/c1-23-21-17(13-15-9-5-3-6-10-15)19(16-11-7-4-8-12-16)22(24-2)18(21)14-20;1-7-5-3-2-4-6-7;1-2-4-6-5-3-1;;/h3-12,17-19H,13-14H2,1-2H3;1-6H;1-5H;1H;/q;;;;+1/p-1. The van der Waals surface area contributed by atoms with Gasteiger partial charge in [0.1, 0.15) is 0 Å². The van der Waals surface area contributed by atoms with Gasteiger partial charge in [-0.15, -0.1) is 11.6 Å². The number of hydrogen-bond acceptors (Lipinski definition) is 5. The third-order valence-corrected chi connectivity index (χ3v) is 9.39. The molecular weight excluding hydrogens is 650 g/mol. The van der Waals surface area contributed by atoms with Crippen molar-refractivity contribution in [2.24, 2.45) is 0 Å². The molecule has 0 spiro atoms. The summed E-state index contributed by atoms with van der Waals surface area (Å²) in [6.45, 7) is 0. The predicted octanol–water partition coefficient (Wildman–Crippen LogP) is 8.23. The fraction of sp³-hybridized carbons (Fsp3) is 0.226. The first-order chi connectivity index (χ1) is 19.2. The fourth-order valence-electron chi connectivity index (χ4n) is 4.41. The summed E-state index contributed by atoms with van der Waals surface area (Å²) in [5, 5.41) is 0. The summed E-state index contributed by atoms with van der Waals surface area (Å²) in [6.07, 6.45) is 9.06. The van der Waals surface area contributed by atoms with E-state index in [4.69, 9.17) is 21.3 Å². The number of pyridine rings is 1. The molecule has 1 aromatic heterocycles. The Morgan fingerprint density at radius 3 is 1.77 bits per heavy atom. The van der Waals surface area contributed by atoms with Gasteiger partial charge in [-0.05, 0) is 42.2 Å². The molecule has 0 amide bonds. The zero-order chi connectivity index (χ0) is 27.7. The first kappa shape index (κ1) is 32.0. The minimum atomic E-state index is -0.0765. The molecule has 3 nitrogen and oxygen atoms in total. The third-order valence-electron chi connectivity index (χ3n) is 6.06. The maximum Gasteiger partial charge on any atom is 0.0267 e. The van der Waals surface area contributed by atoms with Crippen LogP contribution in [0.4, 0.5) is 0 Å².